The van der Waals surface area contributed by atoms with E-state index in [1.54, 1.807) is 7.11 Å². The second kappa shape index (κ2) is 8.64. The van der Waals surface area contributed by atoms with Crippen molar-refractivity contribution in [3.8, 4) is 5.75 Å². The van der Waals surface area contributed by atoms with Crippen LogP contribution >= 0.6 is 28.1 Å². The first-order chi connectivity index (χ1) is 11.1. The van der Waals surface area contributed by atoms with Crippen molar-refractivity contribution in [3.63, 3.8) is 0 Å². The van der Waals surface area contributed by atoms with E-state index in [4.69, 9.17) is 17.0 Å². The molecular formula is C17H18BrN3OS. The largest absolute Gasteiger partial charge is 0.497 e. The van der Waals surface area contributed by atoms with E-state index in [1.807, 2.05) is 55.5 Å². The van der Waals surface area contributed by atoms with Gasteiger partial charge >= 0.3 is 0 Å². The van der Waals surface area contributed by atoms with Gasteiger partial charge in [-0.1, -0.05) is 40.2 Å². The number of methoxy groups -OCH3 is 1. The molecule has 0 bridgehead atoms. The molecule has 2 N–H and O–H groups in total. The summed E-state index contributed by atoms with van der Waals surface area (Å²) in [5.41, 5.74) is 5.88. The fraction of sp³-hybridized carbons (Fsp3) is 0.176. The van der Waals surface area contributed by atoms with Crippen molar-refractivity contribution in [3.05, 3.63) is 64.1 Å². The van der Waals surface area contributed by atoms with Crippen LogP contribution in [0.5, 0.6) is 5.75 Å². The molecular weight excluding hydrogens is 374 g/mol. The minimum absolute atomic E-state index is 0.484. The number of hydrogen-bond donors (Lipinski definition) is 2. The van der Waals surface area contributed by atoms with Crippen LogP contribution in [0.1, 0.15) is 18.1 Å². The van der Waals surface area contributed by atoms with Crippen LogP contribution in [0.2, 0.25) is 0 Å². The highest BCUT2D eigenvalue weighted by atomic mass is 79.9. The lowest BCUT2D eigenvalue weighted by Crippen LogP contribution is -2.32. The normalized spacial score (nSPS) is 11.0. The Morgan fingerprint density at radius 2 is 1.78 bits per heavy atom. The van der Waals surface area contributed by atoms with Gasteiger partial charge in [-0.25, -0.2) is 0 Å². The number of nitrogens with zero attached hydrogens (tertiary/aromatic N) is 1. The summed E-state index contributed by atoms with van der Waals surface area (Å²) in [5.74, 6) is 0.837. The SMILES string of the molecule is COc1ccc(CNC(=S)N/N=C(/C)c2ccc(Br)cc2)cc1. The molecule has 2 aromatic rings. The highest BCUT2D eigenvalue weighted by molar-refractivity contribution is 9.10. The molecule has 0 aliphatic heterocycles. The van der Waals surface area contributed by atoms with Crippen LogP contribution in [0, 0.1) is 0 Å². The van der Waals surface area contributed by atoms with Crippen LogP contribution in [0.3, 0.4) is 0 Å². The lowest BCUT2D eigenvalue weighted by Gasteiger charge is -2.09. The Morgan fingerprint density at radius 1 is 1.13 bits per heavy atom. The molecule has 0 fully saturated rings. The standard InChI is InChI=1S/C17H18BrN3OS/c1-12(14-5-7-15(18)8-6-14)20-21-17(23)19-11-13-3-9-16(22-2)10-4-13/h3-10H,11H2,1-2H3,(H2,19,21,23)/b20-12-. The summed E-state index contributed by atoms with van der Waals surface area (Å²) in [6, 6.07) is 15.8. The third-order valence-electron chi connectivity index (χ3n) is 3.20. The van der Waals surface area contributed by atoms with Crippen molar-refractivity contribution in [1.29, 1.82) is 0 Å². The molecule has 0 aliphatic carbocycles. The van der Waals surface area contributed by atoms with E-state index in [0.717, 1.165) is 27.1 Å². The molecule has 2 rings (SSSR count). The second-order valence-electron chi connectivity index (χ2n) is 4.85. The number of nitrogens with one attached hydrogen (secondary N) is 2. The smallest absolute Gasteiger partial charge is 0.187 e. The van der Waals surface area contributed by atoms with Crippen molar-refractivity contribution in [2.75, 3.05) is 7.11 Å². The predicted molar refractivity (Wildman–Crippen MR) is 102 cm³/mol. The Hall–Kier alpha value is -1.92. The zero-order chi connectivity index (χ0) is 16.7. The maximum Gasteiger partial charge on any atom is 0.187 e. The molecule has 0 aliphatic rings. The molecule has 0 atom stereocenters. The summed E-state index contributed by atoms with van der Waals surface area (Å²) >= 11 is 8.64. The molecule has 0 saturated carbocycles. The molecule has 23 heavy (non-hydrogen) atoms. The third-order valence-corrected chi connectivity index (χ3v) is 3.96. The second-order valence-corrected chi connectivity index (χ2v) is 6.17. The minimum Gasteiger partial charge on any atom is -0.497 e. The summed E-state index contributed by atoms with van der Waals surface area (Å²) in [5, 5.41) is 7.89. The summed E-state index contributed by atoms with van der Waals surface area (Å²) in [6.07, 6.45) is 0. The molecule has 0 spiro atoms. The summed E-state index contributed by atoms with van der Waals surface area (Å²) in [6.45, 7) is 2.56. The van der Waals surface area contributed by atoms with Crippen molar-refractivity contribution < 1.29 is 4.74 Å². The average molecular weight is 392 g/mol. The lowest BCUT2D eigenvalue weighted by atomic mass is 10.1. The third kappa shape index (κ3) is 5.65. The topological polar surface area (TPSA) is 45.6 Å². The molecule has 0 amide bonds. The van der Waals surface area contributed by atoms with Crippen molar-refractivity contribution in [2.45, 2.75) is 13.5 Å². The number of thiocarbonyl (C=S) groups is 1. The molecule has 0 radical (unpaired) electrons. The van der Waals surface area contributed by atoms with Gasteiger partial charge in [0.2, 0.25) is 0 Å². The first-order valence-electron chi connectivity index (χ1n) is 7.05. The molecule has 0 heterocycles. The van der Waals surface area contributed by atoms with Gasteiger partial charge < -0.3 is 10.1 Å². The summed E-state index contributed by atoms with van der Waals surface area (Å²) in [7, 11) is 1.65. The Morgan fingerprint density at radius 3 is 2.39 bits per heavy atom. The fourth-order valence-corrected chi connectivity index (χ4v) is 2.24. The highest BCUT2D eigenvalue weighted by Crippen LogP contribution is 2.11. The van der Waals surface area contributed by atoms with Crippen molar-refractivity contribution in [2.24, 2.45) is 5.10 Å². The van der Waals surface area contributed by atoms with Gasteiger partial charge in [0.1, 0.15) is 5.75 Å². The number of benzene rings is 2. The highest BCUT2D eigenvalue weighted by Gasteiger charge is 1.99. The van der Waals surface area contributed by atoms with Crippen LogP contribution in [-0.2, 0) is 6.54 Å². The monoisotopic (exact) mass is 391 g/mol. The van der Waals surface area contributed by atoms with Crippen LogP contribution in [0.15, 0.2) is 58.1 Å². The zero-order valence-corrected chi connectivity index (χ0v) is 15.4. The van der Waals surface area contributed by atoms with E-state index in [2.05, 4.69) is 31.8 Å². The predicted octanol–water partition coefficient (Wildman–Crippen LogP) is 3.85. The van der Waals surface area contributed by atoms with Gasteiger partial charge in [0.15, 0.2) is 5.11 Å². The maximum atomic E-state index is 5.23. The number of hydrogen-bond acceptors (Lipinski definition) is 3. The van der Waals surface area contributed by atoms with Crippen LogP contribution in [0.25, 0.3) is 0 Å². The van der Waals surface area contributed by atoms with Crippen molar-refractivity contribution in [1.82, 2.24) is 10.7 Å². The van der Waals surface area contributed by atoms with Gasteiger partial charge in [0, 0.05) is 11.0 Å². The fourth-order valence-electron chi connectivity index (χ4n) is 1.86. The average Bonchev–Trinajstić information content (AvgIpc) is 2.59. The quantitative estimate of drug-likeness (QED) is 0.461. The lowest BCUT2D eigenvalue weighted by molar-refractivity contribution is 0.414. The molecule has 6 heteroatoms. The molecule has 0 saturated heterocycles. The van der Waals surface area contributed by atoms with Gasteiger partial charge in [0.25, 0.3) is 0 Å². The van der Waals surface area contributed by atoms with Crippen LogP contribution in [0.4, 0.5) is 0 Å². The molecule has 0 aromatic heterocycles. The first-order valence-corrected chi connectivity index (χ1v) is 8.25. The van der Waals surface area contributed by atoms with E-state index in [0.29, 0.717) is 11.7 Å². The Balaban J connectivity index is 1.84. The van der Waals surface area contributed by atoms with E-state index < -0.39 is 0 Å². The van der Waals surface area contributed by atoms with E-state index in [-0.39, 0.29) is 0 Å². The van der Waals surface area contributed by atoms with E-state index >= 15 is 0 Å². The van der Waals surface area contributed by atoms with Gasteiger partial charge in [-0.2, -0.15) is 5.10 Å². The van der Waals surface area contributed by atoms with E-state index in [1.165, 1.54) is 0 Å². The Bertz CT molecular complexity index is 684. The molecule has 2 aromatic carbocycles. The van der Waals surface area contributed by atoms with Crippen LogP contribution in [-0.4, -0.2) is 17.9 Å². The first kappa shape index (κ1) is 17.4. The molecule has 0 unspecified atom stereocenters. The zero-order valence-electron chi connectivity index (χ0n) is 13.0. The van der Waals surface area contributed by atoms with Crippen LogP contribution < -0.4 is 15.5 Å². The molecule has 4 nitrogen and oxygen atoms in total. The maximum absolute atomic E-state index is 5.23. The number of halogens is 1. The minimum atomic E-state index is 0.484. The van der Waals surface area contributed by atoms with Gasteiger partial charge in [-0.3, -0.25) is 5.43 Å². The van der Waals surface area contributed by atoms with Gasteiger partial charge in [-0.05, 0) is 54.5 Å². The number of hydrazone groups is 1. The van der Waals surface area contributed by atoms with Gasteiger partial charge in [-0.15, -0.1) is 0 Å². The van der Waals surface area contributed by atoms with Crippen molar-refractivity contribution >= 4 is 39.0 Å². The van der Waals surface area contributed by atoms with Gasteiger partial charge in [0.05, 0.1) is 12.8 Å². The summed E-state index contributed by atoms with van der Waals surface area (Å²) in [4.78, 5) is 0. The molecule has 120 valence electrons. The Kier molecular flexibility index (Phi) is 6.55. The van der Waals surface area contributed by atoms with E-state index in [9.17, 15) is 0 Å². The number of rotatable bonds is 5. The Labute approximate surface area is 150 Å². The summed E-state index contributed by atoms with van der Waals surface area (Å²) < 4.78 is 6.17. The number of ether oxygens (including phenoxy) is 1.